The molecule has 0 amide bonds. The first kappa shape index (κ1) is 42.7. The lowest BCUT2D eigenvalue weighted by Gasteiger charge is -2.20. The maximum absolute atomic E-state index is 12.4. The molecule has 258 valence electrons. The predicted molar refractivity (Wildman–Crippen MR) is 183 cm³/mol. The Balaban J connectivity index is 4.11. The number of hydrogen-bond donors (Lipinski definition) is 2. The van der Waals surface area contributed by atoms with Gasteiger partial charge in [0.05, 0.1) is 19.8 Å². The van der Waals surface area contributed by atoms with Gasteiger partial charge in [-0.05, 0) is 44.9 Å². The molecule has 0 rings (SSSR count). The molecule has 0 aliphatic carbocycles. The van der Waals surface area contributed by atoms with Crippen molar-refractivity contribution >= 4 is 13.8 Å². The van der Waals surface area contributed by atoms with Crippen molar-refractivity contribution in [3.63, 3.8) is 0 Å². The fraction of sp³-hybridized carbons (Fsp3) is 0.800. The first-order chi connectivity index (χ1) is 21.4. The molecule has 8 nitrogen and oxygen atoms in total. The summed E-state index contributed by atoms with van der Waals surface area (Å²) in [7, 11) is -4.27. The van der Waals surface area contributed by atoms with Gasteiger partial charge in [-0.3, -0.25) is 13.8 Å². The van der Waals surface area contributed by atoms with E-state index in [0.717, 1.165) is 64.2 Å². The zero-order valence-corrected chi connectivity index (χ0v) is 29.0. The van der Waals surface area contributed by atoms with Gasteiger partial charge >= 0.3 is 13.8 Å². The number of phosphoric acid groups is 1. The SMILES string of the molecule is CC/C=C\C/C=C\C/C=C\CCCCCCCCOCC(COP(=O)(O)OCCN)OC(=O)CCCCCCCCCCC. The number of rotatable bonds is 33. The van der Waals surface area contributed by atoms with Crippen molar-refractivity contribution in [1.29, 1.82) is 0 Å². The molecule has 0 aliphatic rings. The molecule has 0 aromatic heterocycles. The molecule has 0 radical (unpaired) electrons. The highest BCUT2D eigenvalue weighted by Crippen LogP contribution is 2.43. The molecule has 2 unspecified atom stereocenters. The van der Waals surface area contributed by atoms with Crippen molar-refractivity contribution in [3.8, 4) is 0 Å². The second-order valence-corrected chi connectivity index (χ2v) is 12.8. The van der Waals surface area contributed by atoms with Crippen LogP contribution in [-0.4, -0.2) is 49.9 Å². The Morgan fingerprint density at radius 3 is 1.91 bits per heavy atom. The van der Waals surface area contributed by atoms with Gasteiger partial charge in [0, 0.05) is 19.6 Å². The van der Waals surface area contributed by atoms with E-state index in [1.807, 2.05) is 0 Å². The number of hydrogen-bond acceptors (Lipinski definition) is 7. The molecule has 3 N–H and O–H groups in total. The fourth-order valence-corrected chi connectivity index (χ4v) is 5.30. The van der Waals surface area contributed by atoms with Crippen LogP contribution in [0.4, 0.5) is 0 Å². The summed E-state index contributed by atoms with van der Waals surface area (Å²) in [6.07, 6.45) is 34.4. The Morgan fingerprint density at radius 1 is 0.705 bits per heavy atom. The molecule has 0 fully saturated rings. The lowest BCUT2D eigenvalue weighted by Crippen LogP contribution is -2.28. The van der Waals surface area contributed by atoms with Gasteiger partial charge in [-0.15, -0.1) is 0 Å². The van der Waals surface area contributed by atoms with Crippen LogP contribution in [0.15, 0.2) is 36.5 Å². The van der Waals surface area contributed by atoms with E-state index in [-0.39, 0.29) is 32.3 Å². The minimum atomic E-state index is -4.27. The maximum Gasteiger partial charge on any atom is 0.472 e. The number of carbonyl (C=O) groups excluding carboxylic acids is 1. The first-order valence-electron chi connectivity index (χ1n) is 17.5. The fourth-order valence-electron chi connectivity index (χ4n) is 4.54. The quantitative estimate of drug-likeness (QED) is 0.0314. The zero-order valence-electron chi connectivity index (χ0n) is 28.1. The van der Waals surface area contributed by atoms with Crippen LogP contribution in [0.5, 0.6) is 0 Å². The summed E-state index contributed by atoms with van der Waals surface area (Å²) < 4.78 is 33.1. The van der Waals surface area contributed by atoms with Crippen molar-refractivity contribution in [2.24, 2.45) is 5.73 Å². The van der Waals surface area contributed by atoms with Crippen LogP contribution in [0, 0.1) is 0 Å². The maximum atomic E-state index is 12.4. The van der Waals surface area contributed by atoms with E-state index in [9.17, 15) is 14.3 Å². The van der Waals surface area contributed by atoms with Crippen LogP contribution >= 0.6 is 7.82 Å². The van der Waals surface area contributed by atoms with Gasteiger partial charge in [0.25, 0.3) is 0 Å². The molecular weight excluding hydrogens is 577 g/mol. The Kier molecular flexibility index (Phi) is 32.1. The lowest BCUT2D eigenvalue weighted by atomic mass is 10.1. The van der Waals surface area contributed by atoms with E-state index >= 15 is 0 Å². The molecule has 0 heterocycles. The lowest BCUT2D eigenvalue weighted by molar-refractivity contribution is -0.154. The molecular formula is C35H66NO7P. The first-order valence-corrected chi connectivity index (χ1v) is 19.0. The Morgan fingerprint density at radius 2 is 1.27 bits per heavy atom. The van der Waals surface area contributed by atoms with Gasteiger partial charge in [-0.2, -0.15) is 0 Å². The van der Waals surface area contributed by atoms with E-state index in [2.05, 4.69) is 50.3 Å². The van der Waals surface area contributed by atoms with E-state index in [1.54, 1.807) is 0 Å². The molecule has 0 aliphatic heterocycles. The number of phosphoric ester groups is 1. The molecule has 2 atom stereocenters. The van der Waals surface area contributed by atoms with Crippen molar-refractivity contribution in [2.75, 3.05) is 33.0 Å². The van der Waals surface area contributed by atoms with Crippen LogP contribution in [-0.2, 0) is 27.9 Å². The minimum Gasteiger partial charge on any atom is -0.457 e. The Bertz CT molecular complexity index is 772. The number of carbonyl (C=O) groups is 1. The van der Waals surface area contributed by atoms with Crippen LogP contribution < -0.4 is 5.73 Å². The number of esters is 1. The van der Waals surface area contributed by atoms with Gasteiger partial charge < -0.3 is 20.1 Å². The normalized spacial score (nSPS) is 14.2. The third-order valence-electron chi connectivity index (χ3n) is 7.07. The van der Waals surface area contributed by atoms with Crippen LogP contribution in [0.3, 0.4) is 0 Å². The van der Waals surface area contributed by atoms with Gasteiger partial charge in [0.1, 0.15) is 6.10 Å². The summed E-state index contributed by atoms with van der Waals surface area (Å²) in [5.74, 6) is -0.341. The number of ether oxygens (including phenoxy) is 2. The minimum absolute atomic E-state index is 0.0979. The van der Waals surface area contributed by atoms with E-state index in [0.29, 0.717) is 13.0 Å². The average molecular weight is 644 g/mol. The van der Waals surface area contributed by atoms with Crippen molar-refractivity contribution in [1.82, 2.24) is 0 Å². The number of allylic oxidation sites excluding steroid dienone is 6. The summed E-state index contributed by atoms with van der Waals surface area (Å²) in [6, 6.07) is 0. The third kappa shape index (κ3) is 32.1. The van der Waals surface area contributed by atoms with E-state index in [1.165, 1.54) is 57.8 Å². The summed E-state index contributed by atoms with van der Waals surface area (Å²) in [4.78, 5) is 22.2. The van der Waals surface area contributed by atoms with Crippen LogP contribution in [0.2, 0.25) is 0 Å². The summed E-state index contributed by atoms with van der Waals surface area (Å²) in [5.41, 5.74) is 5.33. The molecule has 0 spiro atoms. The molecule has 0 aromatic carbocycles. The van der Waals surface area contributed by atoms with E-state index < -0.39 is 13.9 Å². The molecule has 0 saturated heterocycles. The summed E-state index contributed by atoms with van der Waals surface area (Å²) in [5, 5.41) is 0. The second-order valence-electron chi connectivity index (χ2n) is 11.4. The zero-order chi connectivity index (χ0) is 32.4. The average Bonchev–Trinajstić information content (AvgIpc) is 3.01. The molecule has 44 heavy (non-hydrogen) atoms. The van der Waals surface area contributed by atoms with Gasteiger partial charge in [0.2, 0.25) is 0 Å². The summed E-state index contributed by atoms with van der Waals surface area (Å²) >= 11 is 0. The largest absolute Gasteiger partial charge is 0.472 e. The number of unbranched alkanes of at least 4 members (excludes halogenated alkanes) is 14. The highest BCUT2D eigenvalue weighted by molar-refractivity contribution is 7.47. The molecule has 0 aromatic rings. The highest BCUT2D eigenvalue weighted by atomic mass is 31.2. The topological polar surface area (TPSA) is 117 Å². The van der Waals surface area contributed by atoms with Gasteiger partial charge in [0.15, 0.2) is 0 Å². The molecule has 0 saturated carbocycles. The molecule has 0 bridgehead atoms. The second kappa shape index (κ2) is 33.1. The highest BCUT2D eigenvalue weighted by Gasteiger charge is 2.25. The molecule has 9 heteroatoms. The van der Waals surface area contributed by atoms with E-state index in [4.69, 9.17) is 24.3 Å². The van der Waals surface area contributed by atoms with Gasteiger partial charge in [-0.1, -0.05) is 127 Å². The van der Waals surface area contributed by atoms with Crippen molar-refractivity contribution in [2.45, 2.75) is 148 Å². The van der Waals surface area contributed by atoms with Crippen LogP contribution in [0.1, 0.15) is 142 Å². The van der Waals surface area contributed by atoms with Crippen molar-refractivity contribution < 1.29 is 32.8 Å². The Labute approximate surface area is 269 Å². The van der Waals surface area contributed by atoms with Crippen molar-refractivity contribution in [3.05, 3.63) is 36.5 Å². The number of nitrogens with two attached hydrogens (primary N) is 1. The summed E-state index contributed by atoms with van der Waals surface area (Å²) in [6.45, 7) is 4.74. The third-order valence-corrected chi connectivity index (χ3v) is 8.06. The monoisotopic (exact) mass is 643 g/mol. The Hall–Kier alpha value is -1.28. The standard InChI is InChI=1S/C35H66NO7P/c1-3-5-7-9-11-13-14-15-16-17-18-19-21-23-25-27-30-40-32-34(33-42-44(38,39)41-31-29-36)43-35(37)28-26-24-22-20-12-10-8-6-4-2/h5,7,11,13,15-16,34H,3-4,6,8-10,12,14,17-33,36H2,1-2H3,(H,38,39)/b7-5-,13-11-,16-15-. The smallest absolute Gasteiger partial charge is 0.457 e. The van der Waals surface area contributed by atoms with Gasteiger partial charge in [-0.25, -0.2) is 4.57 Å². The predicted octanol–water partition coefficient (Wildman–Crippen LogP) is 9.52. The van der Waals surface area contributed by atoms with Crippen LogP contribution in [0.25, 0.3) is 0 Å².